The number of anilines is 1. The number of rotatable bonds is 4. The van der Waals surface area contributed by atoms with Gasteiger partial charge in [-0.25, -0.2) is 0 Å². The van der Waals surface area contributed by atoms with E-state index in [0.29, 0.717) is 19.5 Å². The molecule has 1 aromatic rings. The monoisotopic (exact) mass is 324 g/mol. The smallest absolute Gasteiger partial charge is 0.227 e. The summed E-state index contributed by atoms with van der Waals surface area (Å²) in [6.45, 7) is 3.14. The number of halogens is 1. The van der Waals surface area contributed by atoms with E-state index in [0.717, 1.165) is 16.6 Å². The zero-order valence-electron chi connectivity index (χ0n) is 10.9. The fraction of sp³-hybridized carbons (Fsp3) is 0.429. The van der Waals surface area contributed by atoms with Gasteiger partial charge in [0.15, 0.2) is 0 Å². The summed E-state index contributed by atoms with van der Waals surface area (Å²) in [5, 5.41) is 2.85. The Morgan fingerprint density at radius 2 is 2.11 bits per heavy atom. The van der Waals surface area contributed by atoms with E-state index in [-0.39, 0.29) is 17.7 Å². The van der Waals surface area contributed by atoms with Crippen molar-refractivity contribution < 1.29 is 9.59 Å². The van der Waals surface area contributed by atoms with Crippen molar-refractivity contribution in [2.24, 2.45) is 5.92 Å². The highest BCUT2D eigenvalue weighted by molar-refractivity contribution is 9.10. The van der Waals surface area contributed by atoms with E-state index in [4.69, 9.17) is 0 Å². The van der Waals surface area contributed by atoms with E-state index in [9.17, 15) is 9.59 Å². The van der Waals surface area contributed by atoms with Crippen molar-refractivity contribution in [1.82, 2.24) is 5.32 Å². The van der Waals surface area contributed by atoms with Crippen LogP contribution in [-0.4, -0.2) is 24.9 Å². The molecule has 0 aromatic heterocycles. The first-order chi connectivity index (χ1) is 9.11. The number of hydrogen-bond acceptors (Lipinski definition) is 2. The summed E-state index contributed by atoms with van der Waals surface area (Å²) in [6.07, 6.45) is 1.20. The fourth-order valence-corrected chi connectivity index (χ4v) is 2.41. The summed E-state index contributed by atoms with van der Waals surface area (Å²) in [5.41, 5.74) is 0.846. The molecule has 5 heteroatoms. The largest absolute Gasteiger partial charge is 0.356 e. The highest BCUT2D eigenvalue weighted by atomic mass is 79.9. The van der Waals surface area contributed by atoms with Crippen LogP contribution in [0, 0.1) is 5.92 Å². The van der Waals surface area contributed by atoms with E-state index in [1.54, 1.807) is 4.90 Å². The van der Waals surface area contributed by atoms with Crippen LogP contribution in [0.1, 0.15) is 19.8 Å². The van der Waals surface area contributed by atoms with Gasteiger partial charge in [-0.2, -0.15) is 0 Å². The maximum atomic E-state index is 12.0. The number of carbonyl (C=O) groups is 2. The van der Waals surface area contributed by atoms with Crippen molar-refractivity contribution >= 4 is 33.4 Å². The molecular formula is C14H17BrN2O2. The Kier molecular flexibility index (Phi) is 4.58. The van der Waals surface area contributed by atoms with Crippen LogP contribution in [0.25, 0.3) is 0 Å². The maximum absolute atomic E-state index is 12.0. The van der Waals surface area contributed by atoms with Gasteiger partial charge in [-0.3, -0.25) is 9.59 Å². The Bertz CT molecular complexity index is 473. The lowest BCUT2D eigenvalue weighted by Crippen LogP contribution is -2.33. The van der Waals surface area contributed by atoms with Crippen molar-refractivity contribution in [3.05, 3.63) is 28.7 Å². The first kappa shape index (κ1) is 14.1. The average molecular weight is 325 g/mol. The fourth-order valence-electron chi connectivity index (χ4n) is 2.15. The molecule has 1 saturated heterocycles. The minimum absolute atomic E-state index is 0.0129. The van der Waals surface area contributed by atoms with Crippen LogP contribution < -0.4 is 10.2 Å². The Balaban J connectivity index is 2.03. The topological polar surface area (TPSA) is 49.4 Å². The molecule has 1 unspecified atom stereocenters. The third kappa shape index (κ3) is 3.35. The molecule has 1 aliphatic rings. The molecule has 1 aromatic carbocycles. The standard InChI is InChI=1S/C14H17BrN2O2/c1-2-7-16-14(19)10-8-13(18)17(9-10)12-5-3-11(15)4-6-12/h3-6,10H,2,7-9H2,1H3,(H,16,19). The predicted octanol–water partition coefficient (Wildman–Crippen LogP) is 2.33. The molecule has 2 amide bonds. The highest BCUT2D eigenvalue weighted by Crippen LogP contribution is 2.26. The van der Waals surface area contributed by atoms with Gasteiger partial charge in [-0.15, -0.1) is 0 Å². The van der Waals surface area contributed by atoms with Crippen LogP contribution in [0.2, 0.25) is 0 Å². The first-order valence-electron chi connectivity index (χ1n) is 6.45. The van der Waals surface area contributed by atoms with Crippen molar-refractivity contribution in [2.75, 3.05) is 18.0 Å². The quantitative estimate of drug-likeness (QED) is 0.924. The van der Waals surface area contributed by atoms with E-state index in [1.807, 2.05) is 31.2 Å². The van der Waals surface area contributed by atoms with E-state index in [2.05, 4.69) is 21.2 Å². The van der Waals surface area contributed by atoms with Gasteiger partial charge >= 0.3 is 0 Å². The van der Waals surface area contributed by atoms with Crippen molar-refractivity contribution in [3.8, 4) is 0 Å². The maximum Gasteiger partial charge on any atom is 0.227 e. The van der Waals surface area contributed by atoms with Crippen molar-refractivity contribution in [3.63, 3.8) is 0 Å². The number of amides is 2. The summed E-state index contributed by atoms with van der Waals surface area (Å²) in [5.74, 6) is -0.239. The molecule has 0 spiro atoms. The molecule has 1 atom stereocenters. The normalized spacial score (nSPS) is 18.7. The van der Waals surface area contributed by atoms with Crippen LogP contribution in [0.4, 0.5) is 5.69 Å². The molecule has 1 aliphatic heterocycles. The number of hydrogen-bond donors (Lipinski definition) is 1. The van der Waals surface area contributed by atoms with Crippen LogP contribution in [0.5, 0.6) is 0 Å². The van der Waals surface area contributed by atoms with Crippen LogP contribution in [-0.2, 0) is 9.59 Å². The van der Waals surface area contributed by atoms with Gasteiger partial charge in [-0.05, 0) is 30.7 Å². The number of nitrogens with one attached hydrogen (secondary N) is 1. The zero-order chi connectivity index (χ0) is 13.8. The second kappa shape index (κ2) is 6.19. The summed E-state index contributed by atoms with van der Waals surface area (Å²) < 4.78 is 0.972. The third-order valence-corrected chi connectivity index (χ3v) is 3.71. The van der Waals surface area contributed by atoms with Gasteiger partial charge in [0.25, 0.3) is 0 Å². The van der Waals surface area contributed by atoms with Crippen LogP contribution in [0.3, 0.4) is 0 Å². The molecule has 102 valence electrons. The van der Waals surface area contributed by atoms with Gasteiger partial charge in [0, 0.05) is 29.7 Å². The summed E-state index contributed by atoms with van der Waals surface area (Å²) in [7, 11) is 0. The van der Waals surface area contributed by atoms with Gasteiger partial charge in [-0.1, -0.05) is 22.9 Å². The molecule has 1 N–H and O–H groups in total. The Morgan fingerprint density at radius 1 is 1.42 bits per heavy atom. The average Bonchev–Trinajstić information content (AvgIpc) is 2.79. The van der Waals surface area contributed by atoms with Crippen molar-refractivity contribution in [2.45, 2.75) is 19.8 Å². The molecule has 1 fully saturated rings. The molecule has 0 bridgehead atoms. The minimum atomic E-state index is -0.234. The van der Waals surface area contributed by atoms with Gasteiger partial charge in [0.05, 0.1) is 5.92 Å². The molecule has 4 nitrogen and oxygen atoms in total. The third-order valence-electron chi connectivity index (χ3n) is 3.18. The second-order valence-electron chi connectivity index (χ2n) is 4.67. The van der Waals surface area contributed by atoms with Crippen LogP contribution >= 0.6 is 15.9 Å². The van der Waals surface area contributed by atoms with Crippen molar-refractivity contribution in [1.29, 1.82) is 0 Å². The lowest BCUT2D eigenvalue weighted by Gasteiger charge is -2.16. The molecule has 0 saturated carbocycles. The summed E-state index contributed by atoms with van der Waals surface area (Å²) in [6, 6.07) is 7.56. The zero-order valence-corrected chi connectivity index (χ0v) is 12.4. The van der Waals surface area contributed by atoms with E-state index >= 15 is 0 Å². The molecule has 1 heterocycles. The SMILES string of the molecule is CCCNC(=O)C1CC(=O)N(c2ccc(Br)cc2)C1. The second-order valence-corrected chi connectivity index (χ2v) is 5.59. The molecule has 19 heavy (non-hydrogen) atoms. The Morgan fingerprint density at radius 3 is 2.74 bits per heavy atom. The molecule has 2 rings (SSSR count). The summed E-state index contributed by atoms with van der Waals surface area (Å²) >= 11 is 3.37. The Labute approximate surface area is 121 Å². The first-order valence-corrected chi connectivity index (χ1v) is 7.24. The van der Waals surface area contributed by atoms with Crippen LogP contribution in [0.15, 0.2) is 28.7 Å². The predicted molar refractivity (Wildman–Crippen MR) is 77.9 cm³/mol. The number of carbonyl (C=O) groups excluding carboxylic acids is 2. The molecule has 0 aliphatic carbocycles. The number of benzene rings is 1. The highest BCUT2D eigenvalue weighted by Gasteiger charge is 2.34. The minimum Gasteiger partial charge on any atom is -0.356 e. The molecular weight excluding hydrogens is 308 g/mol. The lowest BCUT2D eigenvalue weighted by atomic mass is 10.1. The number of nitrogens with zero attached hydrogens (tertiary/aromatic N) is 1. The van der Waals surface area contributed by atoms with E-state index < -0.39 is 0 Å². The summed E-state index contributed by atoms with van der Waals surface area (Å²) in [4.78, 5) is 25.5. The van der Waals surface area contributed by atoms with E-state index in [1.165, 1.54) is 0 Å². The Hall–Kier alpha value is -1.36. The lowest BCUT2D eigenvalue weighted by molar-refractivity contribution is -0.126. The van der Waals surface area contributed by atoms with Gasteiger partial charge in [0.2, 0.25) is 11.8 Å². The van der Waals surface area contributed by atoms with Gasteiger partial charge in [0.1, 0.15) is 0 Å². The molecule has 0 radical (unpaired) electrons. The van der Waals surface area contributed by atoms with Gasteiger partial charge < -0.3 is 10.2 Å².